The van der Waals surface area contributed by atoms with Crippen molar-refractivity contribution >= 4 is 15.9 Å². The van der Waals surface area contributed by atoms with Crippen molar-refractivity contribution in [3.05, 3.63) is 53.3 Å². The second-order valence-corrected chi connectivity index (χ2v) is 7.44. The quantitative estimate of drug-likeness (QED) is 0.709. The van der Waals surface area contributed by atoms with Crippen molar-refractivity contribution in [1.29, 1.82) is 0 Å². The van der Waals surface area contributed by atoms with E-state index in [0.717, 1.165) is 23.8 Å². The van der Waals surface area contributed by atoms with Crippen LogP contribution in [-0.2, 0) is 21.4 Å². The summed E-state index contributed by atoms with van der Waals surface area (Å²) in [6.45, 7) is 1.23. The fourth-order valence-electron chi connectivity index (χ4n) is 2.41. The first-order chi connectivity index (χ1) is 12.8. The number of nitrogens with one attached hydrogen (secondary N) is 2. The molecule has 27 heavy (non-hydrogen) atoms. The first kappa shape index (κ1) is 20.7. The third-order valence-electron chi connectivity index (χ3n) is 3.79. The van der Waals surface area contributed by atoms with Crippen LogP contribution >= 0.6 is 0 Å². The molecule has 0 aliphatic rings. The molecule has 7 nitrogen and oxygen atoms in total. The lowest BCUT2D eigenvalue weighted by atomic mass is 10.2. The molecule has 0 bridgehead atoms. The summed E-state index contributed by atoms with van der Waals surface area (Å²) < 4.78 is 50.2. The number of hydrogen-bond donors (Lipinski definition) is 2. The van der Waals surface area contributed by atoms with Crippen molar-refractivity contribution < 1.29 is 27.1 Å². The molecule has 2 aromatic rings. The lowest BCUT2D eigenvalue weighted by Gasteiger charge is -2.11. The standard InChI is InChI=1S/C18H21FN2O5S/c1-12-8-14(19)5-7-17(12)27(23,24)21-11-18(22)20-10-13-4-6-15(25-2)16(9-13)26-3/h4-9,21H,10-11H2,1-3H3,(H,20,22). The molecule has 9 heteroatoms. The molecular formula is C18H21FN2O5S. The molecule has 0 saturated carbocycles. The Hall–Kier alpha value is -2.65. The van der Waals surface area contributed by atoms with Gasteiger partial charge < -0.3 is 14.8 Å². The summed E-state index contributed by atoms with van der Waals surface area (Å²) in [4.78, 5) is 11.9. The van der Waals surface area contributed by atoms with Gasteiger partial charge in [0.1, 0.15) is 5.82 Å². The minimum atomic E-state index is -3.92. The maximum absolute atomic E-state index is 13.1. The Morgan fingerprint density at radius 3 is 2.41 bits per heavy atom. The highest BCUT2D eigenvalue weighted by Gasteiger charge is 2.18. The smallest absolute Gasteiger partial charge is 0.241 e. The predicted molar refractivity (Wildman–Crippen MR) is 97.7 cm³/mol. The van der Waals surface area contributed by atoms with Crippen LogP contribution in [-0.4, -0.2) is 35.1 Å². The molecule has 0 fully saturated rings. The largest absolute Gasteiger partial charge is 0.493 e. The zero-order valence-electron chi connectivity index (χ0n) is 15.2. The summed E-state index contributed by atoms with van der Waals surface area (Å²) in [6.07, 6.45) is 0. The predicted octanol–water partition coefficient (Wildman–Crippen LogP) is 1.75. The van der Waals surface area contributed by atoms with Crippen molar-refractivity contribution in [2.45, 2.75) is 18.4 Å². The summed E-state index contributed by atoms with van der Waals surface area (Å²) in [6, 6.07) is 8.51. The number of ether oxygens (including phenoxy) is 2. The Morgan fingerprint density at radius 2 is 1.78 bits per heavy atom. The summed E-state index contributed by atoms with van der Waals surface area (Å²) in [5, 5.41) is 2.61. The minimum absolute atomic E-state index is 0.0726. The first-order valence-electron chi connectivity index (χ1n) is 8.00. The maximum atomic E-state index is 13.1. The zero-order valence-corrected chi connectivity index (χ0v) is 16.0. The number of rotatable bonds is 8. The third-order valence-corrected chi connectivity index (χ3v) is 5.35. The second-order valence-electron chi connectivity index (χ2n) is 5.70. The van der Waals surface area contributed by atoms with E-state index in [0.29, 0.717) is 11.5 Å². The van der Waals surface area contributed by atoms with Crippen LogP contribution < -0.4 is 19.5 Å². The van der Waals surface area contributed by atoms with E-state index in [2.05, 4.69) is 10.0 Å². The van der Waals surface area contributed by atoms with E-state index in [1.807, 2.05) is 0 Å². The third kappa shape index (κ3) is 5.41. The van der Waals surface area contributed by atoms with Crippen molar-refractivity contribution in [1.82, 2.24) is 10.0 Å². The molecule has 2 N–H and O–H groups in total. The van der Waals surface area contributed by atoms with E-state index in [1.54, 1.807) is 18.2 Å². The van der Waals surface area contributed by atoms with Crippen LogP contribution in [0.1, 0.15) is 11.1 Å². The van der Waals surface area contributed by atoms with E-state index >= 15 is 0 Å². The van der Waals surface area contributed by atoms with Crippen LogP contribution in [0.3, 0.4) is 0 Å². The fraction of sp³-hybridized carbons (Fsp3) is 0.278. The number of halogens is 1. The summed E-state index contributed by atoms with van der Waals surface area (Å²) in [5.41, 5.74) is 1.02. The molecule has 1 amide bonds. The lowest BCUT2D eigenvalue weighted by molar-refractivity contribution is -0.120. The van der Waals surface area contributed by atoms with Crippen LogP contribution in [0.2, 0.25) is 0 Å². The molecular weight excluding hydrogens is 375 g/mol. The highest BCUT2D eigenvalue weighted by atomic mass is 32.2. The monoisotopic (exact) mass is 396 g/mol. The molecule has 0 spiro atoms. The van der Waals surface area contributed by atoms with Gasteiger partial charge >= 0.3 is 0 Å². The topological polar surface area (TPSA) is 93.7 Å². The Labute approximate surface area is 157 Å². The molecule has 0 aromatic heterocycles. The number of carbonyl (C=O) groups is 1. The number of hydrogen-bond acceptors (Lipinski definition) is 5. The van der Waals surface area contributed by atoms with E-state index in [4.69, 9.17) is 9.47 Å². The molecule has 0 aliphatic heterocycles. The normalized spacial score (nSPS) is 11.1. The van der Waals surface area contributed by atoms with Gasteiger partial charge in [-0.2, -0.15) is 0 Å². The van der Waals surface area contributed by atoms with Crippen LogP contribution in [0.15, 0.2) is 41.3 Å². The van der Waals surface area contributed by atoms with Gasteiger partial charge in [-0.15, -0.1) is 0 Å². The maximum Gasteiger partial charge on any atom is 0.241 e. The number of methoxy groups -OCH3 is 2. The summed E-state index contributed by atoms with van der Waals surface area (Å²) in [7, 11) is -0.891. The molecule has 0 saturated heterocycles. The molecule has 2 aromatic carbocycles. The van der Waals surface area contributed by atoms with Gasteiger partial charge in [0.25, 0.3) is 0 Å². The average molecular weight is 396 g/mol. The molecule has 0 radical (unpaired) electrons. The Morgan fingerprint density at radius 1 is 1.07 bits per heavy atom. The molecule has 0 aliphatic carbocycles. The first-order valence-corrected chi connectivity index (χ1v) is 9.48. The van der Waals surface area contributed by atoms with Gasteiger partial charge in [0.2, 0.25) is 15.9 Å². The average Bonchev–Trinajstić information content (AvgIpc) is 2.64. The van der Waals surface area contributed by atoms with Crippen LogP contribution in [0.5, 0.6) is 11.5 Å². The molecule has 146 valence electrons. The molecule has 0 heterocycles. The van der Waals surface area contributed by atoms with E-state index in [9.17, 15) is 17.6 Å². The van der Waals surface area contributed by atoms with E-state index < -0.39 is 28.3 Å². The molecule has 2 rings (SSSR count). The number of sulfonamides is 1. The van der Waals surface area contributed by atoms with Gasteiger partial charge in [0.05, 0.1) is 25.7 Å². The highest BCUT2D eigenvalue weighted by molar-refractivity contribution is 7.89. The Kier molecular flexibility index (Phi) is 6.75. The van der Waals surface area contributed by atoms with E-state index in [1.165, 1.54) is 21.1 Å². The van der Waals surface area contributed by atoms with Crippen molar-refractivity contribution in [3.8, 4) is 11.5 Å². The molecule has 0 atom stereocenters. The SMILES string of the molecule is COc1ccc(CNC(=O)CNS(=O)(=O)c2ccc(F)cc2C)cc1OC. The van der Waals surface area contributed by atoms with Gasteiger partial charge in [-0.25, -0.2) is 17.5 Å². The second kappa shape index (κ2) is 8.83. The van der Waals surface area contributed by atoms with Gasteiger partial charge in [0, 0.05) is 6.54 Å². The van der Waals surface area contributed by atoms with Crippen LogP contribution in [0.4, 0.5) is 4.39 Å². The highest BCUT2D eigenvalue weighted by Crippen LogP contribution is 2.27. The van der Waals surface area contributed by atoms with Gasteiger partial charge in [0.15, 0.2) is 11.5 Å². The van der Waals surface area contributed by atoms with Crippen molar-refractivity contribution in [3.63, 3.8) is 0 Å². The number of amides is 1. The van der Waals surface area contributed by atoms with Gasteiger partial charge in [-0.1, -0.05) is 6.07 Å². The number of carbonyl (C=O) groups excluding carboxylic acids is 1. The molecule has 0 unspecified atom stereocenters. The minimum Gasteiger partial charge on any atom is -0.493 e. The Bertz CT molecular complexity index is 931. The summed E-state index contributed by atoms with van der Waals surface area (Å²) in [5.74, 6) is 0.0546. The van der Waals surface area contributed by atoms with Gasteiger partial charge in [-0.05, 0) is 48.4 Å². The lowest BCUT2D eigenvalue weighted by Crippen LogP contribution is -2.36. The van der Waals surface area contributed by atoms with Gasteiger partial charge in [-0.3, -0.25) is 4.79 Å². The summed E-state index contributed by atoms with van der Waals surface area (Å²) >= 11 is 0. The number of aryl methyl sites for hydroxylation is 1. The van der Waals surface area contributed by atoms with Crippen LogP contribution in [0, 0.1) is 12.7 Å². The van der Waals surface area contributed by atoms with Crippen molar-refractivity contribution in [2.24, 2.45) is 0 Å². The fourth-order valence-corrected chi connectivity index (χ4v) is 3.61. The van der Waals surface area contributed by atoms with E-state index in [-0.39, 0.29) is 17.0 Å². The zero-order chi connectivity index (χ0) is 20.0. The van der Waals surface area contributed by atoms with Crippen molar-refractivity contribution in [2.75, 3.05) is 20.8 Å². The Balaban J connectivity index is 1.94. The number of benzene rings is 2. The van der Waals surface area contributed by atoms with Crippen LogP contribution in [0.25, 0.3) is 0 Å².